The number of hydrogen-bond donors (Lipinski definition) is 1. The van der Waals surface area contributed by atoms with Gasteiger partial charge < -0.3 is 15.1 Å². The second kappa shape index (κ2) is 8.58. The predicted molar refractivity (Wildman–Crippen MR) is 121 cm³/mol. The average Bonchev–Trinajstić information content (AvgIpc) is 3.56. The topological polar surface area (TPSA) is 53.4 Å². The molecule has 2 saturated heterocycles. The third-order valence-corrected chi connectivity index (χ3v) is 7.16. The molecule has 0 unspecified atom stereocenters. The number of rotatable bonds is 5. The summed E-state index contributed by atoms with van der Waals surface area (Å²) in [4.78, 5) is 18.1. The van der Waals surface area contributed by atoms with Crippen molar-refractivity contribution < 1.29 is 4.79 Å². The van der Waals surface area contributed by atoms with E-state index in [1.807, 2.05) is 11.7 Å². The Kier molecular flexibility index (Phi) is 5.68. The molecule has 6 heteroatoms. The Bertz CT molecular complexity index is 886. The van der Waals surface area contributed by atoms with Crippen LogP contribution in [0.2, 0.25) is 0 Å². The number of aromatic nitrogens is 2. The summed E-state index contributed by atoms with van der Waals surface area (Å²) < 4.78 is 1.86. The second-order valence-corrected chi connectivity index (χ2v) is 9.57. The Morgan fingerprint density at radius 3 is 2.47 bits per heavy atom. The van der Waals surface area contributed by atoms with Crippen LogP contribution in [0.4, 0.5) is 5.69 Å². The fraction of sp³-hybridized carbons (Fsp3) is 0.667. The number of hydrogen-bond acceptors (Lipinski definition) is 4. The lowest BCUT2D eigenvalue weighted by molar-refractivity contribution is 0.0905. The standard InChI is InChI=1S/C24H35N5O/c1-27-22-16-20(29-12-4-2-3-5-13-29)8-9-21(22)23(26-27)24(30)25-19-10-14-28(15-11-19)17-18-6-7-18/h8-9,16,18-19H,2-7,10-15,17H2,1H3,(H,25,30). The SMILES string of the molecule is Cn1nc(C(=O)NC2CCN(CC3CC3)CC2)c2ccc(N3CCCCCC3)cc21. The Morgan fingerprint density at radius 2 is 1.77 bits per heavy atom. The monoisotopic (exact) mass is 409 g/mol. The molecule has 2 aromatic rings. The fourth-order valence-electron chi connectivity index (χ4n) is 5.12. The Hall–Kier alpha value is -2.08. The number of amides is 1. The number of carbonyl (C=O) groups is 1. The van der Waals surface area contributed by atoms with Crippen LogP contribution in [0.15, 0.2) is 18.2 Å². The highest BCUT2D eigenvalue weighted by Crippen LogP contribution is 2.31. The normalized spacial score (nSPS) is 21.7. The van der Waals surface area contributed by atoms with Gasteiger partial charge in [-0.3, -0.25) is 9.48 Å². The van der Waals surface area contributed by atoms with E-state index in [9.17, 15) is 4.79 Å². The number of piperidine rings is 1. The summed E-state index contributed by atoms with van der Waals surface area (Å²) in [6, 6.07) is 6.74. The van der Waals surface area contributed by atoms with E-state index in [4.69, 9.17) is 0 Å². The van der Waals surface area contributed by atoms with Crippen molar-refractivity contribution in [2.75, 3.05) is 37.6 Å². The number of aryl methyl sites for hydroxylation is 1. The summed E-state index contributed by atoms with van der Waals surface area (Å²) in [5, 5.41) is 8.82. The van der Waals surface area contributed by atoms with Crippen molar-refractivity contribution in [1.29, 1.82) is 0 Å². The van der Waals surface area contributed by atoms with Crippen LogP contribution in [0.5, 0.6) is 0 Å². The second-order valence-electron chi connectivity index (χ2n) is 9.57. The minimum atomic E-state index is -0.0243. The first-order valence-electron chi connectivity index (χ1n) is 11.9. The van der Waals surface area contributed by atoms with Crippen LogP contribution >= 0.6 is 0 Å². The molecule has 3 heterocycles. The van der Waals surface area contributed by atoms with Gasteiger partial charge in [-0.05, 0) is 62.6 Å². The average molecular weight is 410 g/mol. The molecular weight excluding hydrogens is 374 g/mol. The molecule has 1 aromatic heterocycles. The molecular formula is C24H35N5O. The van der Waals surface area contributed by atoms with Gasteiger partial charge >= 0.3 is 0 Å². The van der Waals surface area contributed by atoms with Crippen LogP contribution in [0.25, 0.3) is 10.9 Å². The van der Waals surface area contributed by atoms with E-state index in [0.717, 1.165) is 55.8 Å². The smallest absolute Gasteiger partial charge is 0.272 e. The third-order valence-electron chi connectivity index (χ3n) is 7.16. The summed E-state index contributed by atoms with van der Waals surface area (Å²) in [5.74, 6) is 0.916. The molecule has 0 atom stereocenters. The van der Waals surface area contributed by atoms with Crippen molar-refractivity contribution in [3.8, 4) is 0 Å². The fourth-order valence-corrected chi connectivity index (χ4v) is 5.12. The van der Waals surface area contributed by atoms with E-state index in [2.05, 4.69) is 38.4 Å². The van der Waals surface area contributed by atoms with Crippen molar-refractivity contribution in [3.63, 3.8) is 0 Å². The van der Waals surface area contributed by atoms with E-state index < -0.39 is 0 Å². The molecule has 0 spiro atoms. The molecule has 1 amide bonds. The summed E-state index contributed by atoms with van der Waals surface area (Å²) in [7, 11) is 1.95. The minimum absolute atomic E-state index is 0.0243. The lowest BCUT2D eigenvalue weighted by Crippen LogP contribution is -2.45. The molecule has 30 heavy (non-hydrogen) atoms. The van der Waals surface area contributed by atoms with E-state index in [1.54, 1.807) is 0 Å². The first-order chi connectivity index (χ1) is 14.7. The molecule has 0 radical (unpaired) electrons. The lowest BCUT2D eigenvalue weighted by atomic mass is 10.0. The van der Waals surface area contributed by atoms with Crippen LogP contribution in [0, 0.1) is 5.92 Å². The number of anilines is 1. The van der Waals surface area contributed by atoms with Gasteiger partial charge in [-0.25, -0.2) is 0 Å². The predicted octanol–water partition coefficient (Wildman–Crippen LogP) is 3.56. The first-order valence-corrected chi connectivity index (χ1v) is 11.9. The van der Waals surface area contributed by atoms with Gasteiger partial charge in [0.1, 0.15) is 0 Å². The number of carbonyl (C=O) groups excluding carboxylic acids is 1. The highest BCUT2D eigenvalue weighted by molar-refractivity contribution is 6.05. The number of likely N-dealkylation sites (tertiary alicyclic amines) is 1. The number of nitrogens with zero attached hydrogens (tertiary/aromatic N) is 4. The maximum Gasteiger partial charge on any atom is 0.272 e. The quantitative estimate of drug-likeness (QED) is 0.820. The van der Waals surface area contributed by atoms with E-state index in [1.165, 1.54) is 50.8 Å². The number of benzene rings is 1. The van der Waals surface area contributed by atoms with Crippen LogP contribution in [-0.2, 0) is 7.05 Å². The van der Waals surface area contributed by atoms with Gasteiger partial charge in [-0.15, -0.1) is 0 Å². The summed E-state index contributed by atoms with van der Waals surface area (Å²) >= 11 is 0. The molecule has 0 bridgehead atoms. The lowest BCUT2D eigenvalue weighted by Gasteiger charge is -2.32. The Labute approximate surface area is 179 Å². The summed E-state index contributed by atoms with van der Waals surface area (Å²) in [6.07, 6.45) is 10.1. The van der Waals surface area contributed by atoms with Crippen molar-refractivity contribution >= 4 is 22.5 Å². The molecule has 1 aromatic carbocycles. The van der Waals surface area contributed by atoms with Gasteiger partial charge in [0, 0.05) is 56.9 Å². The van der Waals surface area contributed by atoms with Gasteiger partial charge in [-0.1, -0.05) is 12.8 Å². The molecule has 1 saturated carbocycles. The van der Waals surface area contributed by atoms with Crippen molar-refractivity contribution in [3.05, 3.63) is 23.9 Å². The van der Waals surface area contributed by atoms with Crippen molar-refractivity contribution in [2.24, 2.45) is 13.0 Å². The van der Waals surface area contributed by atoms with Gasteiger partial charge in [0.05, 0.1) is 5.52 Å². The summed E-state index contributed by atoms with van der Waals surface area (Å²) in [5.41, 5.74) is 2.86. The zero-order valence-corrected chi connectivity index (χ0v) is 18.3. The number of nitrogens with one attached hydrogen (secondary N) is 1. The van der Waals surface area contributed by atoms with E-state index in [-0.39, 0.29) is 11.9 Å². The van der Waals surface area contributed by atoms with Crippen LogP contribution < -0.4 is 10.2 Å². The molecule has 162 valence electrons. The van der Waals surface area contributed by atoms with Crippen LogP contribution in [0.1, 0.15) is 61.9 Å². The van der Waals surface area contributed by atoms with Gasteiger partial charge in [0.25, 0.3) is 5.91 Å². The van der Waals surface area contributed by atoms with Crippen molar-refractivity contribution in [2.45, 2.75) is 57.4 Å². The number of fused-ring (bicyclic) bond motifs is 1. The molecule has 2 aliphatic heterocycles. The Morgan fingerprint density at radius 1 is 1.03 bits per heavy atom. The van der Waals surface area contributed by atoms with E-state index in [0.29, 0.717) is 5.69 Å². The van der Waals surface area contributed by atoms with Crippen LogP contribution in [-0.4, -0.2) is 59.4 Å². The zero-order chi connectivity index (χ0) is 20.5. The largest absolute Gasteiger partial charge is 0.371 e. The zero-order valence-electron chi connectivity index (χ0n) is 18.3. The molecule has 6 nitrogen and oxygen atoms in total. The van der Waals surface area contributed by atoms with E-state index >= 15 is 0 Å². The third kappa shape index (κ3) is 4.34. The molecule has 3 aliphatic rings. The maximum atomic E-state index is 13.0. The first kappa shape index (κ1) is 19.9. The van der Waals surface area contributed by atoms with Gasteiger partial charge in [-0.2, -0.15) is 5.10 Å². The van der Waals surface area contributed by atoms with Gasteiger partial charge in [0.15, 0.2) is 5.69 Å². The molecule has 1 N–H and O–H groups in total. The Balaban J connectivity index is 1.26. The minimum Gasteiger partial charge on any atom is -0.371 e. The molecule has 3 fully saturated rings. The highest BCUT2D eigenvalue weighted by Gasteiger charge is 2.28. The summed E-state index contributed by atoms with van der Waals surface area (Å²) in [6.45, 7) is 5.70. The van der Waals surface area contributed by atoms with Crippen LogP contribution in [0.3, 0.4) is 0 Å². The molecule has 5 rings (SSSR count). The molecule has 1 aliphatic carbocycles. The maximum absolute atomic E-state index is 13.0. The van der Waals surface area contributed by atoms with Gasteiger partial charge in [0.2, 0.25) is 0 Å². The van der Waals surface area contributed by atoms with Crippen molar-refractivity contribution in [1.82, 2.24) is 20.0 Å². The highest BCUT2D eigenvalue weighted by atomic mass is 16.2.